The smallest absolute Gasteiger partial charge is 0.270 e. The van der Waals surface area contributed by atoms with Crippen molar-refractivity contribution in [2.45, 2.75) is 0 Å². The minimum Gasteiger partial charge on any atom is -0.497 e. The minimum atomic E-state index is -0.621. The maximum atomic E-state index is 13.2. The van der Waals surface area contributed by atoms with Crippen LogP contribution in [0.25, 0.3) is 6.08 Å². The van der Waals surface area contributed by atoms with Gasteiger partial charge >= 0.3 is 0 Å². The molecule has 2 aromatic rings. The van der Waals surface area contributed by atoms with E-state index in [0.29, 0.717) is 34.2 Å². The summed E-state index contributed by atoms with van der Waals surface area (Å²) in [4.78, 5) is 27.1. The number of amides is 2. The minimum absolute atomic E-state index is 0.0240. The summed E-state index contributed by atoms with van der Waals surface area (Å²) in [7, 11) is 5.97. The molecular weight excluding hydrogens is 408 g/mol. The van der Waals surface area contributed by atoms with Crippen molar-refractivity contribution < 1.29 is 28.5 Å². The first-order valence-electron chi connectivity index (χ1n) is 8.79. The third-order valence-corrected chi connectivity index (χ3v) is 4.74. The number of rotatable bonds is 6. The topological polar surface area (TPSA) is 86.3 Å². The predicted molar refractivity (Wildman–Crippen MR) is 115 cm³/mol. The highest BCUT2D eigenvalue weighted by Crippen LogP contribution is 2.36. The first kappa shape index (κ1) is 21.1. The third-order valence-electron chi connectivity index (χ3n) is 4.46. The van der Waals surface area contributed by atoms with Gasteiger partial charge in [-0.15, -0.1) is 0 Å². The number of methoxy groups -OCH3 is 4. The summed E-state index contributed by atoms with van der Waals surface area (Å²) in [5, 5.41) is 2.52. The first-order valence-corrected chi connectivity index (χ1v) is 9.19. The highest BCUT2D eigenvalue weighted by molar-refractivity contribution is 7.80. The standard InChI is InChI=1S/C21H20N2O6S/c1-26-13-7-5-6-12(8-13)23-20(25)16(19(24)22-21(23)30)11-15-17(28-3)9-14(27-2)10-18(15)29-4/h5-11H,1-4H3,(H,22,24,30). The molecule has 1 N–H and O–H groups in total. The lowest BCUT2D eigenvalue weighted by molar-refractivity contribution is -0.122. The van der Waals surface area contributed by atoms with E-state index in [1.165, 1.54) is 39.4 Å². The molecule has 0 atom stereocenters. The number of nitrogens with one attached hydrogen (secondary N) is 1. The maximum Gasteiger partial charge on any atom is 0.270 e. The van der Waals surface area contributed by atoms with Crippen molar-refractivity contribution >= 4 is 40.9 Å². The number of hydrogen-bond acceptors (Lipinski definition) is 7. The lowest BCUT2D eigenvalue weighted by atomic mass is 10.0. The number of carbonyl (C=O) groups excluding carboxylic acids is 2. The van der Waals surface area contributed by atoms with Crippen LogP contribution in [0.5, 0.6) is 23.0 Å². The van der Waals surface area contributed by atoms with Gasteiger partial charge in [-0.1, -0.05) is 6.07 Å². The quantitative estimate of drug-likeness (QED) is 0.430. The molecular formula is C21H20N2O6S. The summed E-state index contributed by atoms with van der Waals surface area (Å²) >= 11 is 5.23. The Morgan fingerprint density at radius 2 is 1.53 bits per heavy atom. The fraction of sp³-hybridized carbons (Fsp3) is 0.190. The number of hydrogen-bond donors (Lipinski definition) is 1. The van der Waals surface area contributed by atoms with Gasteiger partial charge < -0.3 is 18.9 Å². The van der Waals surface area contributed by atoms with Crippen molar-refractivity contribution in [1.82, 2.24) is 5.32 Å². The van der Waals surface area contributed by atoms with Gasteiger partial charge in [-0.2, -0.15) is 0 Å². The Labute approximate surface area is 179 Å². The average Bonchev–Trinajstić information content (AvgIpc) is 2.76. The van der Waals surface area contributed by atoms with Crippen molar-refractivity contribution in [3.05, 3.63) is 47.5 Å². The SMILES string of the molecule is COc1cccc(N2C(=O)C(=Cc3c(OC)cc(OC)cc3OC)C(=O)NC2=S)c1. The number of ether oxygens (including phenoxy) is 4. The Kier molecular flexibility index (Phi) is 6.22. The van der Waals surface area contributed by atoms with Gasteiger partial charge in [-0.3, -0.25) is 19.8 Å². The van der Waals surface area contributed by atoms with Crippen LogP contribution in [0.15, 0.2) is 42.0 Å². The molecule has 3 rings (SSSR count). The monoisotopic (exact) mass is 428 g/mol. The molecule has 0 spiro atoms. The Morgan fingerprint density at radius 3 is 2.10 bits per heavy atom. The van der Waals surface area contributed by atoms with Crippen LogP contribution < -0.4 is 29.2 Å². The zero-order valence-electron chi connectivity index (χ0n) is 16.8. The van der Waals surface area contributed by atoms with Crippen LogP contribution >= 0.6 is 12.2 Å². The van der Waals surface area contributed by atoms with E-state index in [1.807, 2.05) is 0 Å². The summed E-state index contributed by atoms with van der Waals surface area (Å²) in [6.45, 7) is 0. The molecule has 156 valence electrons. The van der Waals surface area contributed by atoms with Crippen molar-refractivity contribution in [3.63, 3.8) is 0 Å². The highest BCUT2D eigenvalue weighted by Gasteiger charge is 2.35. The Balaban J connectivity index is 2.11. The van der Waals surface area contributed by atoms with E-state index in [1.54, 1.807) is 36.4 Å². The fourth-order valence-corrected chi connectivity index (χ4v) is 3.24. The van der Waals surface area contributed by atoms with Crippen LogP contribution in [0, 0.1) is 0 Å². The summed E-state index contributed by atoms with van der Waals surface area (Å²) < 4.78 is 21.3. The number of nitrogens with zero attached hydrogens (tertiary/aromatic N) is 1. The highest BCUT2D eigenvalue weighted by atomic mass is 32.1. The molecule has 1 saturated heterocycles. The first-order chi connectivity index (χ1) is 14.4. The van der Waals surface area contributed by atoms with Gasteiger partial charge in [0.2, 0.25) is 0 Å². The second-order valence-electron chi connectivity index (χ2n) is 6.10. The lowest BCUT2D eigenvalue weighted by Crippen LogP contribution is -2.54. The summed E-state index contributed by atoms with van der Waals surface area (Å²) in [6, 6.07) is 10.1. The maximum absolute atomic E-state index is 13.2. The molecule has 0 bridgehead atoms. The van der Waals surface area contributed by atoms with Crippen LogP contribution in [0.4, 0.5) is 5.69 Å². The second kappa shape index (κ2) is 8.83. The molecule has 2 aromatic carbocycles. The summed E-state index contributed by atoms with van der Waals surface area (Å²) in [6.07, 6.45) is 1.41. The van der Waals surface area contributed by atoms with E-state index >= 15 is 0 Å². The molecule has 1 fully saturated rings. The predicted octanol–water partition coefficient (Wildman–Crippen LogP) is 2.55. The molecule has 0 unspecified atom stereocenters. The number of benzene rings is 2. The van der Waals surface area contributed by atoms with Crippen molar-refractivity contribution in [2.24, 2.45) is 0 Å². The number of carbonyl (C=O) groups is 2. The van der Waals surface area contributed by atoms with E-state index in [9.17, 15) is 9.59 Å². The van der Waals surface area contributed by atoms with Crippen LogP contribution in [0.1, 0.15) is 5.56 Å². The van der Waals surface area contributed by atoms with E-state index in [0.717, 1.165) is 0 Å². The van der Waals surface area contributed by atoms with Crippen molar-refractivity contribution in [1.29, 1.82) is 0 Å². The zero-order chi connectivity index (χ0) is 21.8. The molecule has 0 aromatic heterocycles. The number of anilines is 1. The van der Waals surface area contributed by atoms with Gasteiger partial charge in [0.05, 0.1) is 39.7 Å². The van der Waals surface area contributed by atoms with E-state index in [4.69, 9.17) is 31.2 Å². The molecule has 0 aliphatic carbocycles. The van der Waals surface area contributed by atoms with Crippen molar-refractivity contribution in [2.75, 3.05) is 33.3 Å². The largest absolute Gasteiger partial charge is 0.497 e. The van der Waals surface area contributed by atoms with Gasteiger partial charge in [0.15, 0.2) is 5.11 Å². The molecule has 0 saturated carbocycles. The van der Waals surface area contributed by atoms with Crippen LogP contribution in [-0.2, 0) is 9.59 Å². The molecule has 2 amide bonds. The van der Waals surface area contributed by atoms with E-state index in [-0.39, 0.29) is 10.7 Å². The van der Waals surface area contributed by atoms with Gasteiger partial charge in [-0.05, 0) is 30.4 Å². The van der Waals surface area contributed by atoms with Crippen LogP contribution in [0.2, 0.25) is 0 Å². The van der Waals surface area contributed by atoms with E-state index < -0.39 is 11.8 Å². The lowest BCUT2D eigenvalue weighted by Gasteiger charge is -2.29. The summed E-state index contributed by atoms with van der Waals surface area (Å²) in [5.74, 6) is 0.593. The van der Waals surface area contributed by atoms with Gasteiger partial charge in [-0.25, -0.2) is 0 Å². The van der Waals surface area contributed by atoms with Gasteiger partial charge in [0.25, 0.3) is 11.8 Å². The molecule has 1 aliphatic heterocycles. The van der Waals surface area contributed by atoms with E-state index in [2.05, 4.69) is 5.32 Å². The third kappa shape index (κ3) is 3.92. The zero-order valence-corrected chi connectivity index (χ0v) is 17.7. The van der Waals surface area contributed by atoms with Gasteiger partial charge in [0.1, 0.15) is 28.6 Å². The Hall–Kier alpha value is -3.59. The van der Waals surface area contributed by atoms with Crippen molar-refractivity contribution in [3.8, 4) is 23.0 Å². The van der Waals surface area contributed by atoms with Crippen LogP contribution in [-0.4, -0.2) is 45.4 Å². The molecule has 30 heavy (non-hydrogen) atoms. The Bertz CT molecular complexity index is 1020. The summed E-state index contributed by atoms with van der Waals surface area (Å²) in [5.41, 5.74) is 0.745. The normalized spacial score (nSPS) is 15.1. The Morgan fingerprint density at radius 1 is 0.900 bits per heavy atom. The second-order valence-corrected chi connectivity index (χ2v) is 6.49. The average molecular weight is 428 g/mol. The molecule has 9 heteroatoms. The molecule has 8 nitrogen and oxygen atoms in total. The molecule has 1 aliphatic rings. The van der Waals surface area contributed by atoms with Gasteiger partial charge in [0, 0.05) is 18.2 Å². The van der Waals surface area contributed by atoms with Crippen LogP contribution in [0.3, 0.4) is 0 Å². The molecule has 0 radical (unpaired) electrons. The fourth-order valence-electron chi connectivity index (χ4n) is 2.96. The number of thiocarbonyl (C=S) groups is 1. The molecule has 1 heterocycles.